The zero-order valence-electron chi connectivity index (χ0n) is 16.2. The Morgan fingerprint density at radius 1 is 1.00 bits per heavy atom. The summed E-state index contributed by atoms with van der Waals surface area (Å²) in [6.07, 6.45) is 1.98. The number of hydrogen-bond acceptors (Lipinski definition) is 3. The summed E-state index contributed by atoms with van der Waals surface area (Å²) in [5.41, 5.74) is 2.00. The molecule has 154 valence electrons. The molecule has 29 heavy (non-hydrogen) atoms. The summed E-state index contributed by atoms with van der Waals surface area (Å²) in [5.74, 6) is -0.621. The summed E-state index contributed by atoms with van der Waals surface area (Å²) < 4.78 is 13.1. The van der Waals surface area contributed by atoms with E-state index in [-0.39, 0.29) is 37.8 Å². The molecule has 0 fully saturated rings. The van der Waals surface area contributed by atoms with Crippen molar-refractivity contribution in [1.29, 1.82) is 0 Å². The molecule has 0 spiro atoms. The average Bonchev–Trinajstić information content (AvgIpc) is 2.70. The zero-order chi connectivity index (χ0) is 20.7. The van der Waals surface area contributed by atoms with Crippen LogP contribution in [0.5, 0.6) is 0 Å². The number of nitrogens with one attached hydrogen (secondary N) is 3. The van der Waals surface area contributed by atoms with Crippen molar-refractivity contribution in [3.63, 3.8) is 0 Å². The van der Waals surface area contributed by atoms with Gasteiger partial charge in [-0.15, -0.1) is 0 Å². The molecule has 1 unspecified atom stereocenters. The van der Waals surface area contributed by atoms with E-state index in [2.05, 4.69) is 22.0 Å². The van der Waals surface area contributed by atoms with Crippen molar-refractivity contribution in [2.75, 3.05) is 19.6 Å². The van der Waals surface area contributed by atoms with Gasteiger partial charge in [0.2, 0.25) is 5.91 Å². The van der Waals surface area contributed by atoms with Crippen LogP contribution in [0.15, 0.2) is 48.5 Å². The highest BCUT2D eigenvalue weighted by Gasteiger charge is 2.32. The number of rotatable bonds is 7. The average molecular weight is 399 g/mol. The number of hydrogen-bond donors (Lipinski definition) is 4. The van der Waals surface area contributed by atoms with Crippen LogP contribution in [-0.4, -0.2) is 42.3 Å². The first-order valence-electron chi connectivity index (χ1n) is 9.76. The Kier molecular flexibility index (Phi) is 6.82. The highest BCUT2D eigenvalue weighted by molar-refractivity contribution is 5.78. The van der Waals surface area contributed by atoms with Crippen LogP contribution in [0.2, 0.25) is 0 Å². The van der Waals surface area contributed by atoms with E-state index in [0.29, 0.717) is 18.4 Å². The number of carbonyl (C=O) groups excluding carboxylic acids is 2. The van der Waals surface area contributed by atoms with Gasteiger partial charge in [0.05, 0.1) is 12.0 Å². The third kappa shape index (κ3) is 6.29. The van der Waals surface area contributed by atoms with Gasteiger partial charge in [-0.1, -0.05) is 36.4 Å². The molecule has 0 heterocycles. The van der Waals surface area contributed by atoms with E-state index in [1.54, 1.807) is 12.1 Å². The molecular weight excluding hydrogens is 373 g/mol. The van der Waals surface area contributed by atoms with E-state index in [9.17, 15) is 19.1 Å². The molecule has 2 aromatic rings. The second-order valence-electron chi connectivity index (χ2n) is 7.44. The zero-order valence-corrected chi connectivity index (χ0v) is 16.2. The standard InChI is InChI=1S/C22H26FN3O3/c23-19-7-3-4-16(12-19)13-20(27)24-10-11-25-21(28)26-15-22(29)9-8-17-5-1-2-6-18(17)14-22/h1-7,12,29H,8-11,13-15H2,(H,24,27)(H2,25,26,28). The van der Waals surface area contributed by atoms with Crippen LogP contribution < -0.4 is 16.0 Å². The molecule has 2 aromatic carbocycles. The summed E-state index contributed by atoms with van der Waals surface area (Å²) in [7, 11) is 0. The molecule has 0 aromatic heterocycles. The molecule has 4 N–H and O–H groups in total. The van der Waals surface area contributed by atoms with Gasteiger partial charge in [-0.25, -0.2) is 9.18 Å². The first kappa shape index (κ1) is 20.8. The number of halogens is 1. The Bertz CT molecular complexity index is 874. The van der Waals surface area contributed by atoms with Gasteiger partial charge in [0.15, 0.2) is 0 Å². The fourth-order valence-electron chi connectivity index (χ4n) is 3.52. The highest BCUT2D eigenvalue weighted by atomic mass is 19.1. The maximum atomic E-state index is 13.1. The van der Waals surface area contributed by atoms with Gasteiger partial charge in [-0.05, 0) is 41.7 Å². The SMILES string of the molecule is O=C(Cc1cccc(F)c1)NCCNC(=O)NCC1(O)CCc2ccccc2C1. The largest absolute Gasteiger partial charge is 0.388 e. The van der Waals surface area contributed by atoms with Gasteiger partial charge in [0.1, 0.15) is 5.82 Å². The minimum absolute atomic E-state index is 0.0818. The minimum Gasteiger partial charge on any atom is -0.388 e. The molecule has 3 rings (SSSR count). The van der Waals surface area contributed by atoms with E-state index in [1.807, 2.05) is 18.2 Å². The highest BCUT2D eigenvalue weighted by Crippen LogP contribution is 2.28. The van der Waals surface area contributed by atoms with Crippen molar-refractivity contribution in [3.8, 4) is 0 Å². The van der Waals surface area contributed by atoms with Crippen molar-refractivity contribution in [3.05, 3.63) is 71.0 Å². The predicted molar refractivity (Wildman–Crippen MR) is 108 cm³/mol. The summed E-state index contributed by atoms with van der Waals surface area (Å²) in [5, 5.41) is 18.8. The molecule has 7 heteroatoms. The summed E-state index contributed by atoms with van der Waals surface area (Å²) in [4.78, 5) is 23.8. The van der Waals surface area contributed by atoms with Gasteiger partial charge in [0, 0.05) is 26.1 Å². The minimum atomic E-state index is -0.954. The van der Waals surface area contributed by atoms with Crippen molar-refractivity contribution < 1.29 is 19.1 Å². The smallest absolute Gasteiger partial charge is 0.314 e. The van der Waals surface area contributed by atoms with E-state index >= 15 is 0 Å². The summed E-state index contributed by atoms with van der Waals surface area (Å²) in [6.45, 7) is 0.681. The van der Waals surface area contributed by atoms with Crippen molar-refractivity contribution in [1.82, 2.24) is 16.0 Å². The van der Waals surface area contributed by atoms with Crippen LogP contribution in [0.1, 0.15) is 23.1 Å². The maximum Gasteiger partial charge on any atom is 0.314 e. The lowest BCUT2D eigenvalue weighted by molar-refractivity contribution is -0.120. The lowest BCUT2D eigenvalue weighted by Gasteiger charge is -2.33. The molecule has 0 bridgehead atoms. The fraction of sp³-hybridized carbons (Fsp3) is 0.364. The molecule has 1 aliphatic rings. The van der Waals surface area contributed by atoms with Gasteiger partial charge >= 0.3 is 6.03 Å². The second kappa shape index (κ2) is 9.52. The number of benzene rings is 2. The van der Waals surface area contributed by atoms with Crippen LogP contribution >= 0.6 is 0 Å². The molecule has 0 saturated carbocycles. The van der Waals surface area contributed by atoms with E-state index in [0.717, 1.165) is 12.0 Å². The lowest BCUT2D eigenvalue weighted by atomic mass is 9.80. The number of aryl methyl sites for hydroxylation is 1. The molecule has 0 radical (unpaired) electrons. The monoisotopic (exact) mass is 399 g/mol. The second-order valence-corrected chi connectivity index (χ2v) is 7.44. The van der Waals surface area contributed by atoms with Crippen molar-refractivity contribution in [2.45, 2.75) is 31.3 Å². The predicted octanol–water partition coefficient (Wildman–Crippen LogP) is 1.70. The number of carbonyl (C=O) groups is 2. The van der Waals surface area contributed by atoms with E-state index in [4.69, 9.17) is 0 Å². The molecule has 0 saturated heterocycles. The van der Waals surface area contributed by atoms with Gasteiger partial charge < -0.3 is 21.1 Å². The summed E-state index contributed by atoms with van der Waals surface area (Å²) >= 11 is 0. The van der Waals surface area contributed by atoms with Crippen molar-refractivity contribution >= 4 is 11.9 Å². The Balaban J connectivity index is 1.33. The quantitative estimate of drug-likeness (QED) is 0.534. The summed E-state index contributed by atoms with van der Waals surface area (Å²) in [6, 6.07) is 13.5. The van der Waals surface area contributed by atoms with Crippen LogP contribution in [0.25, 0.3) is 0 Å². The first-order chi connectivity index (χ1) is 13.9. The van der Waals surface area contributed by atoms with E-state index in [1.165, 1.54) is 17.7 Å². The van der Waals surface area contributed by atoms with Crippen LogP contribution in [0.3, 0.4) is 0 Å². The van der Waals surface area contributed by atoms with Crippen molar-refractivity contribution in [2.24, 2.45) is 0 Å². The number of amides is 3. The molecule has 3 amide bonds. The Morgan fingerprint density at radius 2 is 1.76 bits per heavy atom. The third-order valence-electron chi connectivity index (χ3n) is 5.06. The first-order valence-corrected chi connectivity index (χ1v) is 9.76. The van der Waals surface area contributed by atoms with Gasteiger partial charge in [0.25, 0.3) is 0 Å². The Morgan fingerprint density at radius 3 is 2.55 bits per heavy atom. The fourth-order valence-corrected chi connectivity index (χ4v) is 3.52. The number of urea groups is 1. The third-order valence-corrected chi connectivity index (χ3v) is 5.06. The molecule has 6 nitrogen and oxygen atoms in total. The maximum absolute atomic E-state index is 13.1. The Hall–Kier alpha value is -2.93. The van der Waals surface area contributed by atoms with Gasteiger partial charge in [-0.3, -0.25) is 4.79 Å². The van der Waals surface area contributed by atoms with E-state index < -0.39 is 11.6 Å². The van der Waals surface area contributed by atoms with Crippen LogP contribution in [0, 0.1) is 5.82 Å². The Labute approximate surface area is 169 Å². The molecular formula is C22H26FN3O3. The lowest BCUT2D eigenvalue weighted by Crippen LogP contribution is -2.50. The molecule has 0 aliphatic heterocycles. The topological polar surface area (TPSA) is 90.5 Å². The molecule has 1 atom stereocenters. The van der Waals surface area contributed by atoms with Gasteiger partial charge in [-0.2, -0.15) is 0 Å². The normalized spacial score (nSPS) is 17.9. The number of fused-ring (bicyclic) bond motifs is 1. The van der Waals surface area contributed by atoms with Crippen LogP contribution in [-0.2, 0) is 24.1 Å². The molecule has 1 aliphatic carbocycles. The number of aliphatic hydroxyl groups is 1. The van der Waals surface area contributed by atoms with Crippen LogP contribution in [0.4, 0.5) is 9.18 Å².